The van der Waals surface area contributed by atoms with E-state index in [1.807, 2.05) is 0 Å². The van der Waals surface area contributed by atoms with Gasteiger partial charge in [0.25, 0.3) is 0 Å². The molecule has 0 aliphatic carbocycles. The average Bonchev–Trinajstić information content (AvgIpc) is 4.02. The monoisotopic (exact) mass is 778 g/mol. The van der Waals surface area contributed by atoms with Gasteiger partial charge in [-0.1, -0.05) is 0 Å². The highest BCUT2D eigenvalue weighted by molar-refractivity contribution is 7.24. The second kappa shape index (κ2) is 15.2. The number of fused-ring (bicyclic) bond motifs is 2. The molecule has 16 nitrogen and oxygen atoms in total. The van der Waals surface area contributed by atoms with Gasteiger partial charge in [-0.3, -0.25) is 9.59 Å². The third-order valence-electron chi connectivity index (χ3n) is 9.98. The van der Waals surface area contributed by atoms with Crippen molar-refractivity contribution < 1.29 is 38.1 Å². The Hall–Kier alpha value is -5.36. The zero-order chi connectivity index (χ0) is 38.3. The van der Waals surface area contributed by atoms with Crippen molar-refractivity contribution in [2.45, 2.75) is 63.7 Å². The molecule has 2 aliphatic rings. The fraction of sp³-hybridized carbons (Fsp3) is 0.444. The summed E-state index contributed by atoms with van der Waals surface area (Å²) >= 11 is 3.11. The van der Waals surface area contributed by atoms with Gasteiger partial charge in [0.2, 0.25) is 11.8 Å². The highest BCUT2D eigenvalue weighted by atomic mass is 32.1. The highest BCUT2D eigenvalue weighted by Gasteiger charge is 2.36. The largest absolute Gasteiger partial charge is 0.495 e. The number of rotatable bonds is 10. The number of nitrogens with one attached hydrogen (secondary N) is 4. The molecule has 2 fully saturated rings. The summed E-state index contributed by atoms with van der Waals surface area (Å²) in [5.74, 6) is 2.41. The van der Waals surface area contributed by atoms with Crippen LogP contribution in [-0.4, -0.2) is 107 Å². The topological polar surface area (TPSA) is 193 Å². The number of hydrogen-bond donors (Lipinski definition) is 4. The Morgan fingerprint density at radius 3 is 1.50 bits per heavy atom. The summed E-state index contributed by atoms with van der Waals surface area (Å²) in [5, 5.41) is 6.91. The molecule has 0 saturated carbocycles. The van der Waals surface area contributed by atoms with E-state index in [-0.39, 0.29) is 23.9 Å². The first-order valence-electron chi connectivity index (χ1n) is 17.6. The third-order valence-corrected chi connectivity index (χ3v) is 12.3. The fourth-order valence-corrected chi connectivity index (χ4v) is 9.67. The summed E-state index contributed by atoms with van der Waals surface area (Å²) in [5.41, 5.74) is 1.61. The van der Waals surface area contributed by atoms with Crippen molar-refractivity contribution in [3.05, 3.63) is 36.2 Å². The smallest absolute Gasteiger partial charge is 0.407 e. The first-order valence-corrected chi connectivity index (χ1v) is 19.2. The lowest BCUT2D eigenvalue weighted by molar-refractivity contribution is -0.134. The van der Waals surface area contributed by atoms with Crippen molar-refractivity contribution in [1.29, 1.82) is 0 Å². The molecule has 4 amide bonds. The van der Waals surface area contributed by atoms with Gasteiger partial charge in [0.05, 0.1) is 83.5 Å². The number of aromatic nitrogens is 4. The van der Waals surface area contributed by atoms with Crippen molar-refractivity contribution in [1.82, 2.24) is 40.4 Å². The van der Waals surface area contributed by atoms with Crippen LogP contribution in [0.5, 0.6) is 11.5 Å². The zero-order valence-corrected chi connectivity index (χ0v) is 32.4. The van der Waals surface area contributed by atoms with Crippen LogP contribution in [0.15, 0.2) is 24.5 Å². The van der Waals surface area contributed by atoms with E-state index in [2.05, 4.69) is 52.2 Å². The predicted molar refractivity (Wildman–Crippen MR) is 203 cm³/mol. The Labute approximate surface area is 318 Å². The van der Waals surface area contributed by atoms with E-state index in [4.69, 9.17) is 9.47 Å². The van der Waals surface area contributed by atoms with Gasteiger partial charge in [0.1, 0.15) is 35.2 Å². The Balaban J connectivity index is 1.16. The second-order valence-corrected chi connectivity index (χ2v) is 15.3. The standard InChI is InChI=1S/C36H42N8O8S2/c1-17(39-35(47)51-5)33(45)43-11-7-9-23(43)31-37-15-21(41-31)25-13-19-27(49-3)30-20(28(50-4)29(19)53-25)14-26(54-30)22-16-38-32(42-22)24-10-8-12-44(24)34(46)18(2)40-36(48)52-6/h13-18,23-24H,7-12H2,1-6H3,(H,37,41)(H,38,42)(H,39,47)(H,40,48)/t17?,18?,23-,24-/m0/s1. The Morgan fingerprint density at radius 2 is 1.13 bits per heavy atom. The molecule has 4 aromatic heterocycles. The van der Waals surface area contributed by atoms with Crippen molar-refractivity contribution in [3.63, 3.8) is 0 Å². The first-order chi connectivity index (χ1) is 26.1. The summed E-state index contributed by atoms with van der Waals surface area (Å²) < 4.78 is 23.3. The molecule has 2 unspecified atom stereocenters. The molecular formula is C36H42N8O8S2. The number of benzene rings is 1. The van der Waals surface area contributed by atoms with Gasteiger partial charge in [0.15, 0.2) is 0 Å². The Bertz CT molecular complexity index is 2020. The van der Waals surface area contributed by atoms with Crippen LogP contribution < -0.4 is 20.1 Å². The lowest BCUT2D eigenvalue weighted by Crippen LogP contribution is -2.46. The number of nitrogens with zero attached hydrogens (tertiary/aromatic N) is 4. The van der Waals surface area contributed by atoms with Crippen LogP contribution in [0.4, 0.5) is 9.59 Å². The lowest BCUT2D eigenvalue weighted by atomic mass is 10.1. The molecule has 4 atom stereocenters. The minimum absolute atomic E-state index is 0.196. The SMILES string of the molecule is COC(=O)NC(C)C(=O)N1CCC[C@H]1c1ncc(-c2cc3c(OC)c4sc(-c5cnc([C@@H]6CCCN6C(=O)C(C)NC(=O)OC)[nH]5)cc4c(OC)c3s2)[nH]1. The molecule has 286 valence electrons. The van der Waals surface area contributed by atoms with Gasteiger partial charge in [0, 0.05) is 23.9 Å². The minimum Gasteiger partial charge on any atom is -0.495 e. The van der Waals surface area contributed by atoms with Gasteiger partial charge in [-0.25, -0.2) is 19.6 Å². The van der Waals surface area contributed by atoms with E-state index in [0.29, 0.717) is 24.7 Å². The first kappa shape index (κ1) is 37.0. The lowest BCUT2D eigenvalue weighted by Gasteiger charge is -2.26. The Morgan fingerprint density at radius 1 is 0.722 bits per heavy atom. The molecule has 7 rings (SSSR count). The maximum atomic E-state index is 13.2. The molecule has 0 spiro atoms. The molecule has 5 aromatic rings. The number of ether oxygens (including phenoxy) is 4. The van der Waals surface area contributed by atoms with E-state index in [1.165, 1.54) is 14.2 Å². The summed E-state index contributed by atoms with van der Waals surface area (Å²) in [6.45, 7) is 4.42. The predicted octanol–water partition coefficient (Wildman–Crippen LogP) is 5.73. The number of carbonyl (C=O) groups excluding carboxylic acids is 4. The second-order valence-electron chi connectivity index (χ2n) is 13.2. The fourth-order valence-electron chi connectivity index (χ4n) is 7.36. The van der Waals surface area contributed by atoms with Crippen molar-refractivity contribution >= 4 is 66.8 Å². The van der Waals surface area contributed by atoms with Gasteiger partial charge in [-0.2, -0.15) is 0 Å². The zero-order valence-electron chi connectivity index (χ0n) is 30.7. The summed E-state index contributed by atoms with van der Waals surface area (Å²) in [6.07, 6.45) is 5.39. The van der Waals surface area contributed by atoms with Crippen LogP contribution in [0.1, 0.15) is 63.3 Å². The molecule has 1 aromatic carbocycles. The number of hydrogen-bond acceptors (Lipinski definition) is 12. The van der Waals surface area contributed by atoms with Gasteiger partial charge in [-0.15, -0.1) is 22.7 Å². The van der Waals surface area contributed by atoms with E-state index < -0.39 is 24.3 Å². The van der Waals surface area contributed by atoms with Crippen molar-refractivity contribution in [2.24, 2.45) is 0 Å². The van der Waals surface area contributed by atoms with E-state index in [1.54, 1.807) is 72.9 Å². The Kier molecular flexibility index (Phi) is 10.4. The van der Waals surface area contributed by atoms with Crippen LogP contribution in [-0.2, 0) is 19.1 Å². The van der Waals surface area contributed by atoms with Gasteiger partial charge >= 0.3 is 12.2 Å². The molecule has 18 heteroatoms. The average molecular weight is 779 g/mol. The molecule has 2 saturated heterocycles. The van der Waals surface area contributed by atoms with Crippen molar-refractivity contribution in [2.75, 3.05) is 41.5 Å². The van der Waals surface area contributed by atoms with Crippen LogP contribution >= 0.6 is 22.7 Å². The number of methoxy groups -OCH3 is 4. The van der Waals surface area contributed by atoms with E-state index >= 15 is 0 Å². The molecule has 54 heavy (non-hydrogen) atoms. The quantitative estimate of drug-likeness (QED) is 0.136. The number of amides is 4. The number of aromatic amines is 2. The molecule has 0 bridgehead atoms. The van der Waals surface area contributed by atoms with Crippen LogP contribution in [0.2, 0.25) is 0 Å². The number of carbonyl (C=O) groups is 4. The maximum Gasteiger partial charge on any atom is 0.407 e. The van der Waals surface area contributed by atoms with Crippen molar-refractivity contribution in [3.8, 4) is 32.6 Å². The molecule has 0 radical (unpaired) electrons. The summed E-state index contributed by atoms with van der Waals surface area (Å²) in [6, 6.07) is 2.16. The van der Waals surface area contributed by atoms with Gasteiger partial charge < -0.3 is 49.3 Å². The van der Waals surface area contributed by atoms with Crippen LogP contribution in [0, 0.1) is 0 Å². The van der Waals surface area contributed by atoms with E-state index in [0.717, 1.165) is 78.5 Å². The number of likely N-dealkylation sites (tertiary alicyclic amines) is 2. The minimum atomic E-state index is -0.736. The van der Waals surface area contributed by atoms with Crippen LogP contribution in [0.3, 0.4) is 0 Å². The van der Waals surface area contributed by atoms with Gasteiger partial charge in [-0.05, 0) is 51.7 Å². The third kappa shape index (κ3) is 6.68. The number of imidazole rings is 2. The normalized spacial score (nSPS) is 18.2. The molecule has 2 aliphatic heterocycles. The molecular weight excluding hydrogens is 737 g/mol. The number of alkyl carbamates (subject to hydrolysis) is 2. The van der Waals surface area contributed by atoms with E-state index in [9.17, 15) is 19.2 Å². The molecule has 6 heterocycles. The number of thiophene rings is 2. The molecule has 4 N–H and O–H groups in total. The summed E-state index contributed by atoms with van der Waals surface area (Å²) in [7, 11) is 5.84. The summed E-state index contributed by atoms with van der Waals surface area (Å²) in [4.78, 5) is 71.6. The number of H-pyrrole nitrogens is 2. The highest BCUT2D eigenvalue weighted by Crippen LogP contribution is 2.52. The van der Waals surface area contributed by atoms with Crippen LogP contribution in [0.25, 0.3) is 41.3 Å². The maximum absolute atomic E-state index is 13.2.